The number of amides is 1. The van der Waals surface area contributed by atoms with Gasteiger partial charge in [0.1, 0.15) is 5.82 Å². The minimum absolute atomic E-state index is 0.0463. The molecule has 5 rings (SSSR count). The summed E-state index contributed by atoms with van der Waals surface area (Å²) in [6.07, 6.45) is 5.64. The van der Waals surface area contributed by atoms with E-state index in [-0.39, 0.29) is 17.4 Å². The number of nitrogens with zero attached hydrogens (tertiary/aromatic N) is 4. The van der Waals surface area contributed by atoms with E-state index in [1.165, 1.54) is 0 Å². The second kappa shape index (κ2) is 9.04. The van der Waals surface area contributed by atoms with E-state index < -0.39 is 0 Å². The summed E-state index contributed by atoms with van der Waals surface area (Å²) in [5, 5.41) is 0. The zero-order valence-electron chi connectivity index (χ0n) is 18.0. The Morgan fingerprint density at radius 2 is 1.94 bits per heavy atom. The molecule has 2 aliphatic heterocycles. The van der Waals surface area contributed by atoms with E-state index >= 15 is 0 Å². The Bertz CT molecular complexity index is 1150. The summed E-state index contributed by atoms with van der Waals surface area (Å²) in [6, 6.07) is 13.8. The molecule has 1 saturated heterocycles. The number of H-pyrrole nitrogens is 1. The Balaban J connectivity index is 1.25. The molecule has 1 atom stereocenters. The molecule has 32 heavy (non-hydrogen) atoms. The van der Waals surface area contributed by atoms with Gasteiger partial charge in [0, 0.05) is 57.5 Å². The van der Waals surface area contributed by atoms with Crippen LogP contribution in [0.2, 0.25) is 0 Å². The summed E-state index contributed by atoms with van der Waals surface area (Å²) >= 11 is 0. The molecule has 3 aromatic rings. The molecular weight excluding hydrogens is 402 g/mol. The molecule has 4 heterocycles. The molecular formula is C25H27N5O2. The molecule has 2 aromatic heterocycles. The van der Waals surface area contributed by atoms with Crippen LogP contribution in [-0.2, 0) is 30.7 Å². The summed E-state index contributed by atoms with van der Waals surface area (Å²) in [7, 11) is 0. The summed E-state index contributed by atoms with van der Waals surface area (Å²) in [4.78, 5) is 41.8. The third-order valence-electron chi connectivity index (χ3n) is 6.42. The fourth-order valence-electron chi connectivity index (χ4n) is 4.67. The Morgan fingerprint density at radius 3 is 2.75 bits per heavy atom. The molecule has 0 radical (unpaired) electrons. The highest BCUT2D eigenvalue weighted by molar-refractivity contribution is 5.79. The lowest BCUT2D eigenvalue weighted by atomic mass is 10.0. The molecule has 1 N–H and O–H groups in total. The number of nitrogens with one attached hydrogen (secondary N) is 1. The predicted molar refractivity (Wildman–Crippen MR) is 121 cm³/mol. The Morgan fingerprint density at radius 1 is 1.09 bits per heavy atom. The van der Waals surface area contributed by atoms with Crippen LogP contribution in [-0.4, -0.2) is 50.3 Å². The van der Waals surface area contributed by atoms with Crippen molar-refractivity contribution in [1.82, 2.24) is 24.8 Å². The van der Waals surface area contributed by atoms with E-state index in [0.717, 1.165) is 54.1 Å². The summed E-state index contributed by atoms with van der Waals surface area (Å²) in [5.41, 5.74) is 3.79. The summed E-state index contributed by atoms with van der Waals surface area (Å²) in [6.45, 7) is 3.55. The molecule has 1 amide bonds. The number of hydrogen-bond donors (Lipinski definition) is 1. The van der Waals surface area contributed by atoms with E-state index in [4.69, 9.17) is 4.98 Å². The minimum Gasteiger partial charge on any atom is -0.342 e. The molecule has 0 unspecified atom stereocenters. The van der Waals surface area contributed by atoms with Crippen molar-refractivity contribution in [2.24, 2.45) is 0 Å². The monoisotopic (exact) mass is 429 g/mol. The molecule has 0 saturated carbocycles. The van der Waals surface area contributed by atoms with Gasteiger partial charge in [0.05, 0.1) is 17.7 Å². The number of carbonyl (C=O) groups is 1. The molecule has 1 aromatic carbocycles. The zero-order valence-corrected chi connectivity index (χ0v) is 18.0. The highest BCUT2D eigenvalue weighted by atomic mass is 16.2. The van der Waals surface area contributed by atoms with Crippen LogP contribution < -0.4 is 5.56 Å². The first kappa shape index (κ1) is 20.6. The molecule has 0 bridgehead atoms. The maximum atomic E-state index is 12.9. The Kier molecular flexibility index (Phi) is 5.81. The van der Waals surface area contributed by atoms with Gasteiger partial charge in [-0.2, -0.15) is 0 Å². The van der Waals surface area contributed by atoms with Gasteiger partial charge in [-0.3, -0.25) is 19.5 Å². The van der Waals surface area contributed by atoms with Crippen LogP contribution in [0.15, 0.2) is 59.7 Å². The van der Waals surface area contributed by atoms with Crippen LogP contribution in [0.3, 0.4) is 0 Å². The number of pyridine rings is 1. The van der Waals surface area contributed by atoms with Crippen molar-refractivity contribution >= 4 is 5.91 Å². The average molecular weight is 430 g/mol. The van der Waals surface area contributed by atoms with Crippen molar-refractivity contribution < 1.29 is 4.79 Å². The fraction of sp³-hybridized carbons (Fsp3) is 0.360. The van der Waals surface area contributed by atoms with Crippen molar-refractivity contribution in [3.63, 3.8) is 0 Å². The van der Waals surface area contributed by atoms with E-state index in [1.807, 2.05) is 47.5 Å². The molecule has 0 aliphatic carbocycles. The Labute approximate surface area is 187 Å². The topological polar surface area (TPSA) is 82.2 Å². The van der Waals surface area contributed by atoms with Crippen LogP contribution in [0.5, 0.6) is 0 Å². The first-order chi connectivity index (χ1) is 15.7. The number of rotatable bonds is 5. The fourth-order valence-corrected chi connectivity index (χ4v) is 4.67. The van der Waals surface area contributed by atoms with E-state index in [0.29, 0.717) is 26.1 Å². The highest BCUT2D eigenvalue weighted by Crippen LogP contribution is 2.26. The Hall–Kier alpha value is -3.32. The minimum atomic E-state index is -0.0463. The molecule has 2 aliphatic rings. The highest BCUT2D eigenvalue weighted by Gasteiger charge is 2.30. The van der Waals surface area contributed by atoms with Gasteiger partial charge in [-0.05, 0) is 23.6 Å². The van der Waals surface area contributed by atoms with Crippen molar-refractivity contribution in [3.8, 4) is 0 Å². The SMILES string of the molecule is O=C(Cc1ccccc1)N1CC[C@H](c2nc3c(c(=O)[nH]2)CN(Cc2cccnc2)CC3)C1. The largest absolute Gasteiger partial charge is 0.342 e. The van der Waals surface area contributed by atoms with Crippen LogP contribution in [0.4, 0.5) is 0 Å². The smallest absolute Gasteiger partial charge is 0.255 e. The lowest BCUT2D eigenvalue weighted by molar-refractivity contribution is -0.129. The van der Waals surface area contributed by atoms with Crippen molar-refractivity contribution in [3.05, 3.63) is 93.4 Å². The van der Waals surface area contributed by atoms with Crippen LogP contribution in [0.1, 0.15) is 40.5 Å². The molecule has 164 valence electrons. The van der Waals surface area contributed by atoms with Gasteiger partial charge in [-0.25, -0.2) is 4.98 Å². The zero-order chi connectivity index (χ0) is 21.9. The van der Waals surface area contributed by atoms with Crippen molar-refractivity contribution in [2.75, 3.05) is 19.6 Å². The first-order valence-electron chi connectivity index (χ1n) is 11.2. The number of fused-ring (bicyclic) bond motifs is 1. The summed E-state index contributed by atoms with van der Waals surface area (Å²) < 4.78 is 0. The third-order valence-corrected chi connectivity index (χ3v) is 6.42. The predicted octanol–water partition coefficient (Wildman–Crippen LogP) is 2.28. The second-order valence-corrected chi connectivity index (χ2v) is 8.69. The number of carbonyl (C=O) groups excluding carboxylic acids is 1. The number of aromatic amines is 1. The number of hydrogen-bond acceptors (Lipinski definition) is 5. The number of benzene rings is 1. The van der Waals surface area contributed by atoms with Gasteiger partial charge in [0.15, 0.2) is 0 Å². The quantitative estimate of drug-likeness (QED) is 0.673. The van der Waals surface area contributed by atoms with Gasteiger partial charge < -0.3 is 9.88 Å². The number of likely N-dealkylation sites (tertiary alicyclic amines) is 1. The maximum absolute atomic E-state index is 12.9. The van der Waals surface area contributed by atoms with E-state index in [1.54, 1.807) is 6.20 Å². The molecule has 1 fully saturated rings. The average Bonchev–Trinajstić information content (AvgIpc) is 3.31. The van der Waals surface area contributed by atoms with Crippen molar-refractivity contribution in [1.29, 1.82) is 0 Å². The molecule has 7 nitrogen and oxygen atoms in total. The summed E-state index contributed by atoms with van der Waals surface area (Å²) in [5.74, 6) is 0.940. The van der Waals surface area contributed by atoms with Crippen molar-refractivity contribution in [2.45, 2.75) is 38.3 Å². The van der Waals surface area contributed by atoms with Gasteiger partial charge >= 0.3 is 0 Å². The van der Waals surface area contributed by atoms with E-state index in [9.17, 15) is 9.59 Å². The van der Waals surface area contributed by atoms with E-state index in [2.05, 4.69) is 20.9 Å². The third kappa shape index (κ3) is 4.48. The van der Waals surface area contributed by atoms with Crippen LogP contribution in [0, 0.1) is 0 Å². The first-order valence-corrected chi connectivity index (χ1v) is 11.2. The van der Waals surface area contributed by atoms with Crippen LogP contribution >= 0.6 is 0 Å². The normalized spacial score (nSPS) is 18.5. The lowest BCUT2D eigenvalue weighted by Gasteiger charge is -2.28. The standard InChI is InChI=1S/C25H27N5O2/c31-23(13-18-5-2-1-3-6-18)30-12-8-20(16-30)24-27-22-9-11-29(17-21(22)25(32)28-24)15-19-7-4-10-26-14-19/h1-7,10,14,20H,8-9,11-13,15-17H2,(H,27,28,32)/t20-/m0/s1. The molecule has 7 heteroatoms. The van der Waals surface area contributed by atoms with Gasteiger partial charge in [-0.1, -0.05) is 36.4 Å². The van der Waals surface area contributed by atoms with Crippen LogP contribution in [0.25, 0.3) is 0 Å². The second-order valence-electron chi connectivity index (χ2n) is 8.69. The number of aromatic nitrogens is 3. The van der Waals surface area contributed by atoms with Gasteiger partial charge in [0.2, 0.25) is 5.91 Å². The molecule has 0 spiro atoms. The maximum Gasteiger partial charge on any atom is 0.255 e. The van der Waals surface area contributed by atoms with Gasteiger partial charge in [0.25, 0.3) is 5.56 Å². The van der Waals surface area contributed by atoms with Gasteiger partial charge in [-0.15, -0.1) is 0 Å². The lowest BCUT2D eigenvalue weighted by Crippen LogP contribution is -2.36.